The Morgan fingerprint density at radius 2 is 1.90 bits per heavy atom. The van der Waals surface area contributed by atoms with Crippen LogP contribution in [-0.4, -0.2) is 5.91 Å². The third kappa shape index (κ3) is 3.63. The van der Waals surface area contributed by atoms with Gasteiger partial charge >= 0.3 is 0 Å². The van der Waals surface area contributed by atoms with E-state index < -0.39 is 0 Å². The number of primary amides is 1. The molecule has 0 saturated heterocycles. The molecule has 110 valence electrons. The largest absolute Gasteiger partial charge is 0.381 e. The molecule has 1 amide bonds. The van der Waals surface area contributed by atoms with Crippen molar-refractivity contribution < 1.29 is 4.79 Å². The van der Waals surface area contributed by atoms with E-state index in [4.69, 9.17) is 5.73 Å². The number of aryl methyl sites for hydroxylation is 1. The molecule has 0 heterocycles. The lowest BCUT2D eigenvalue weighted by Crippen LogP contribution is -2.12. The Labute approximate surface area is 126 Å². The summed E-state index contributed by atoms with van der Waals surface area (Å²) in [4.78, 5) is 11.2. The number of carbonyl (C=O) groups is 1. The van der Waals surface area contributed by atoms with Gasteiger partial charge in [-0.1, -0.05) is 38.1 Å². The highest BCUT2D eigenvalue weighted by molar-refractivity contribution is 5.93. The summed E-state index contributed by atoms with van der Waals surface area (Å²) in [6.45, 7) is 7.10. The Balaban J connectivity index is 2.15. The average Bonchev–Trinajstić information content (AvgIpc) is 2.46. The first-order valence-electron chi connectivity index (χ1n) is 7.21. The maximum Gasteiger partial charge on any atom is 0.248 e. The van der Waals surface area contributed by atoms with Crippen molar-refractivity contribution in [2.45, 2.75) is 33.2 Å². The molecule has 0 aliphatic carbocycles. The van der Waals surface area contributed by atoms with Crippen LogP contribution in [0.3, 0.4) is 0 Å². The summed E-state index contributed by atoms with van der Waals surface area (Å²) in [7, 11) is 0. The molecule has 0 fully saturated rings. The van der Waals surface area contributed by atoms with Crippen LogP contribution >= 0.6 is 0 Å². The number of nitrogens with two attached hydrogens (primary N) is 1. The number of amides is 1. The normalized spacial score (nSPS) is 10.7. The molecule has 0 spiro atoms. The second-order valence-electron chi connectivity index (χ2n) is 5.60. The lowest BCUT2D eigenvalue weighted by Gasteiger charge is -2.15. The summed E-state index contributed by atoms with van der Waals surface area (Å²) in [6, 6.07) is 13.9. The van der Waals surface area contributed by atoms with E-state index in [0.717, 1.165) is 17.8 Å². The monoisotopic (exact) mass is 282 g/mol. The first-order chi connectivity index (χ1) is 9.99. The van der Waals surface area contributed by atoms with Gasteiger partial charge in [0.05, 0.1) is 0 Å². The molecular weight excluding hydrogens is 260 g/mol. The standard InChI is InChI=1S/C18H22N2O/c1-12(2)16-6-4-5-7-17(16)20-11-15-9-8-14(18(19)21)10-13(15)3/h4-10,12,20H,11H2,1-3H3,(H2,19,21). The second kappa shape index (κ2) is 6.44. The Hall–Kier alpha value is -2.29. The maximum atomic E-state index is 11.2. The lowest BCUT2D eigenvalue weighted by molar-refractivity contribution is 0.1000. The fourth-order valence-corrected chi connectivity index (χ4v) is 2.40. The predicted octanol–water partition coefficient (Wildman–Crippen LogP) is 3.83. The van der Waals surface area contributed by atoms with Crippen molar-refractivity contribution in [3.05, 3.63) is 64.7 Å². The van der Waals surface area contributed by atoms with E-state index in [0.29, 0.717) is 11.5 Å². The minimum Gasteiger partial charge on any atom is -0.381 e. The Morgan fingerprint density at radius 3 is 2.52 bits per heavy atom. The van der Waals surface area contributed by atoms with Gasteiger partial charge in [0, 0.05) is 17.8 Å². The van der Waals surface area contributed by atoms with Crippen molar-refractivity contribution in [2.24, 2.45) is 5.73 Å². The summed E-state index contributed by atoms with van der Waals surface area (Å²) in [5, 5.41) is 3.48. The number of nitrogens with one attached hydrogen (secondary N) is 1. The van der Waals surface area contributed by atoms with Gasteiger partial charge in [0.25, 0.3) is 0 Å². The third-order valence-corrected chi connectivity index (χ3v) is 3.68. The van der Waals surface area contributed by atoms with E-state index in [1.807, 2.05) is 25.1 Å². The molecule has 0 radical (unpaired) electrons. The van der Waals surface area contributed by atoms with Gasteiger partial charge in [0.2, 0.25) is 5.91 Å². The molecule has 0 aromatic heterocycles. The van der Waals surface area contributed by atoms with E-state index in [1.165, 1.54) is 11.1 Å². The third-order valence-electron chi connectivity index (χ3n) is 3.68. The topological polar surface area (TPSA) is 55.1 Å². The number of carbonyl (C=O) groups excluding carboxylic acids is 1. The zero-order valence-electron chi connectivity index (χ0n) is 12.8. The molecule has 0 unspecified atom stereocenters. The fourth-order valence-electron chi connectivity index (χ4n) is 2.40. The molecule has 2 aromatic carbocycles. The first kappa shape index (κ1) is 15.1. The summed E-state index contributed by atoms with van der Waals surface area (Å²) in [5.74, 6) is 0.0924. The van der Waals surface area contributed by atoms with Crippen LogP contribution in [0.5, 0.6) is 0 Å². The van der Waals surface area contributed by atoms with E-state index in [-0.39, 0.29) is 5.91 Å². The first-order valence-corrected chi connectivity index (χ1v) is 7.21. The molecule has 3 heteroatoms. The van der Waals surface area contributed by atoms with Gasteiger partial charge in [-0.05, 0) is 47.7 Å². The van der Waals surface area contributed by atoms with E-state index in [9.17, 15) is 4.79 Å². The maximum absolute atomic E-state index is 11.2. The highest BCUT2D eigenvalue weighted by Crippen LogP contribution is 2.24. The number of hydrogen-bond acceptors (Lipinski definition) is 2. The number of hydrogen-bond donors (Lipinski definition) is 2. The van der Waals surface area contributed by atoms with Crippen molar-refractivity contribution in [1.29, 1.82) is 0 Å². The van der Waals surface area contributed by atoms with Gasteiger partial charge in [-0.2, -0.15) is 0 Å². The van der Waals surface area contributed by atoms with Crippen LogP contribution in [0.15, 0.2) is 42.5 Å². The highest BCUT2D eigenvalue weighted by Gasteiger charge is 2.07. The Bertz CT molecular complexity index is 647. The van der Waals surface area contributed by atoms with Crippen molar-refractivity contribution >= 4 is 11.6 Å². The Kier molecular flexibility index (Phi) is 4.63. The SMILES string of the molecule is Cc1cc(C(N)=O)ccc1CNc1ccccc1C(C)C. The predicted molar refractivity (Wildman–Crippen MR) is 87.6 cm³/mol. The number of para-hydroxylation sites is 1. The van der Waals surface area contributed by atoms with Crippen molar-refractivity contribution in [3.8, 4) is 0 Å². The van der Waals surface area contributed by atoms with Crippen molar-refractivity contribution in [2.75, 3.05) is 5.32 Å². The van der Waals surface area contributed by atoms with Crippen LogP contribution in [0.25, 0.3) is 0 Å². The van der Waals surface area contributed by atoms with E-state index >= 15 is 0 Å². The summed E-state index contributed by atoms with van der Waals surface area (Å²) >= 11 is 0. The second-order valence-corrected chi connectivity index (χ2v) is 5.60. The highest BCUT2D eigenvalue weighted by atomic mass is 16.1. The molecule has 3 nitrogen and oxygen atoms in total. The van der Waals surface area contributed by atoms with Crippen LogP contribution < -0.4 is 11.1 Å². The summed E-state index contributed by atoms with van der Waals surface area (Å²) < 4.78 is 0. The molecule has 0 saturated carbocycles. The zero-order valence-corrected chi connectivity index (χ0v) is 12.8. The van der Waals surface area contributed by atoms with Gasteiger partial charge in [0.1, 0.15) is 0 Å². The fraction of sp³-hybridized carbons (Fsp3) is 0.278. The molecule has 21 heavy (non-hydrogen) atoms. The van der Waals surface area contributed by atoms with E-state index in [1.54, 1.807) is 6.07 Å². The van der Waals surface area contributed by atoms with Crippen LogP contribution in [0.2, 0.25) is 0 Å². The van der Waals surface area contributed by atoms with E-state index in [2.05, 4.69) is 37.4 Å². The molecule has 2 rings (SSSR count). The van der Waals surface area contributed by atoms with Gasteiger partial charge in [-0.3, -0.25) is 4.79 Å². The smallest absolute Gasteiger partial charge is 0.248 e. The summed E-state index contributed by atoms with van der Waals surface area (Å²) in [6.07, 6.45) is 0. The molecule has 0 aliphatic rings. The minimum atomic E-state index is -0.386. The van der Waals surface area contributed by atoms with Gasteiger partial charge < -0.3 is 11.1 Å². The van der Waals surface area contributed by atoms with Crippen LogP contribution in [0, 0.1) is 6.92 Å². The average molecular weight is 282 g/mol. The molecule has 3 N–H and O–H groups in total. The van der Waals surface area contributed by atoms with Crippen molar-refractivity contribution in [1.82, 2.24) is 0 Å². The van der Waals surface area contributed by atoms with Crippen molar-refractivity contribution in [3.63, 3.8) is 0 Å². The summed E-state index contributed by atoms with van der Waals surface area (Å²) in [5.41, 5.74) is 10.6. The van der Waals surface area contributed by atoms with Crippen LogP contribution in [0.4, 0.5) is 5.69 Å². The minimum absolute atomic E-state index is 0.386. The quantitative estimate of drug-likeness (QED) is 0.875. The van der Waals surface area contributed by atoms with Gasteiger partial charge in [0.15, 0.2) is 0 Å². The van der Waals surface area contributed by atoms with Crippen LogP contribution in [0.1, 0.15) is 46.8 Å². The lowest BCUT2D eigenvalue weighted by atomic mass is 10.0. The van der Waals surface area contributed by atoms with Crippen LogP contribution in [-0.2, 0) is 6.54 Å². The molecule has 0 aliphatic heterocycles. The van der Waals surface area contributed by atoms with Gasteiger partial charge in [-0.25, -0.2) is 0 Å². The zero-order chi connectivity index (χ0) is 15.4. The Morgan fingerprint density at radius 1 is 1.19 bits per heavy atom. The number of rotatable bonds is 5. The molecular formula is C18H22N2O. The molecule has 2 aromatic rings. The molecule has 0 bridgehead atoms. The molecule has 0 atom stereocenters. The number of anilines is 1. The number of benzene rings is 2. The van der Waals surface area contributed by atoms with Gasteiger partial charge in [-0.15, -0.1) is 0 Å².